The smallest absolute Gasteiger partial charge is 0.255 e. The van der Waals surface area contributed by atoms with E-state index in [9.17, 15) is 9.18 Å². The quantitative estimate of drug-likeness (QED) is 0.799. The Balaban J connectivity index is 1.65. The molecule has 0 fully saturated rings. The number of nitrogens with zero attached hydrogens (tertiary/aromatic N) is 2. The number of amides is 1. The lowest BCUT2D eigenvalue weighted by molar-refractivity contribution is 0.102. The van der Waals surface area contributed by atoms with Gasteiger partial charge in [-0.15, -0.1) is 0 Å². The molecule has 3 rings (SSSR count). The number of hydrogen-bond donors (Lipinski definition) is 1. The summed E-state index contributed by atoms with van der Waals surface area (Å²) in [5.41, 5.74) is 0.983. The van der Waals surface area contributed by atoms with E-state index in [0.717, 1.165) is 0 Å². The lowest BCUT2D eigenvalue weighted by Gasteiger charge is -2.07. The Morgan fingerprint density at radius 1 is 1.00 bits per heavy atom. The Morgan fingerprint density at radius 3 is 2.39 bits per heavy atom. The van der Waals surface area contributed by atoms with E-state index >= 15 is 0 Å². The molecule has 0 radical (unpaired) electrons. The Labute approximate surface area is 131 Å². The van der Waals surface area contributed by atoms with Crippen molar-refractivity contribution >= 4 is 11.6 Å². The van der Waals surface area contributed by atoms with Gasteiger partial charge in [-0.05, 0) is 48.5 Å². The summed E-state index contributed by atoms with van der Waals surface area (Å²) in [4.78, 5) is 19.9. The van der Waals surface area contributed by atoms with E-state index < -0.39 is 0 Å². The number of anilines is 1. The first-order valence-corrected chi connectivity index (χ1v) is 6.81. The molecule has 0 saturated heterocycles. The number of rotatable bonds is 4. The van der Waals surface area contributed by atoms with Gasteiger partial charge >= 0.3 is 0 Å². The van der Waals surface area contributed by atoms with E-state index in [1.54, 1.807) is 30.5 Å². The zero-order valence-corrected chi connectivity index (χ0v) is 11.9. The van der Waals surface area contributed by atoms with Crippen molar-refractivity contribution in [2.45, 2.75) is 0 Å². The number of aromatic nitrogens is 2. The summed E-state index contributed by atoms with van der Waals surface area (Å²) >= 11 is 0. The van der Waals surface area contributed by atoms with Crippen LogP contribution in [-0.2, 0) is 0 Å². The highest BCUT2D eigenvalue weighted by Gasteiger charge is 2.06. The van der Waals surface area contributed by atoms with Crippen molar-refractivity contribution in [3.63, 3.8) is 0 Å². The van der Waals surface area contributed by atoms with Crippen molar-refractivity contribution in [1.82, 2.24) is 9.97 Å². The van der Waals surface area contributed by atoms with Gasteiger partial charge in [0, 0.05) is 23.6 Å². The molecule has 1 aromatic heterocycles. The minimum atomic E-state index is -0.382. The van der Waals surface area contributed by atoms with E-state index in [1.165, 1.54) is 36.7 Å². The van der Waals surface area contributed by atoms with Gasteiger partial charge in [-0.3, -0.25) is 9.78 Å². The molecule has 6 heteroatoms. The van der Waals surface area contributed by atoms with Crippen molar-refractivity contribution in [3.8, 4) is 11.6 Å². The molecule has 0 aliphatic heterocycles. The maximum atomic E-state index is 12.8. The van der Waals surface area contributed by atoms with Crippen LogP contribution in [0.25, 0.3) is 0 Å². The van der Waals surface area contributed by atoms with Crippen molar-refractivity contribution in [1.29, 1.82) is 0 Å². The predicted octanol–water partition coefficient (Wildman–Crippen LogP) is 3.66. The van der Waals surface area contributed by atoms with Gasteiger partial charge < -0.3 is 10.1 Å². The lowest BCUT2D eigenvalue weighted by atomic mass is 10.2. The number of nitrogens with one attached hydrogen (secondary N) is 1. The second-order valence-corrected chi connectivity index (χ2v) is 4.63. The summed E-state index contributed by atoms with van der Waals surface area (Å²) < 4.78 is 18.4. The summed E-state index contributed by atoms with van der Waals surface area (Å²) in [6.45, 7) is 0. The molecule has 0 unspecified atom stereocenters. The number of ether oxygens (including phenoxy) is 1. The summed E-state index contributed by atoms with van der Waals surface area (Å²) in [6.07, 6.45) is 4.60. The number of hydrogen-bond acceptors (Lipinski definition) is 4. The first-order valence-electron chi connectivity index (χ1n) is 6.81. The highest BCUT2D eigenvalue weighted by atomic mass is 19.1. The van der Waals surface area contributed by atoms with E-state index in [1.807, 2.05) is 0 Å². The lowest BCUT2D eigenvalue weighted by Crippen LogP contribution is -2.11. The van der Waals surface area contributed by atoms with Gasteiger partial charge in [0.1, 0.15) is 11.6 Å². The van der Waals surface area contributed by atoms with Crippen LogP contribution in [0.4, 0.5) is 10.1 Å². The van der Waals surface area contributed by atoms with Crippen LogP contribution < -0.4 is 10.1 Å². The summed E-state index contributed by atoms with van der Waals surface area (Å²) in [7, 11) is 0. The molecule has 0 aliphatic carbocycles. The van der Waals surface area contributed by atoms with Crippen LogP contribution in [0.3, 0.4) is 0 Å². The first-order chi connectivity index (χ1) is 11.2. The third kappa shape index (κ3) is 3.88. The van der Waals surface area contributed by atoms with E-state index in [-0.39, 0.29) is 11.7 Å². The van der Waals surface area contributed by atoms with E-state index in [0.29, 0.717) is 22.9 Å². The van der Waals surface area contributed by atoms with Gasteiger partial charge in [0.25, 0.3) is 5.91 Å². The fourth-order valence-electron chi connectivity index (χ4n) is 1.87. The van der Waals surface area contributed by atoms with Crippen molar-refractivity contribution < 1.29 is 13.9 Å². The van der Waals surface area contributed by atoms with Gasteiger partial charge in [-0.2, -0.15) is 0 Å². The van der Waals surface area contributed by atoms with Gasteiger partial charge in [0.05, 0.1) is 6.20 Å². The summed E-state index contributed by atoms with van der Waals surface area (Å²) in [6, 6.07) is 12.1. The van der Waals surface area contributed by atoms with Crippen LogP contribution in [0.2, 0.25) is 0 Å². The van der Waals surface area contributed by atoms with E-state index in [2.05, 4.69) is 15.3 Å². The van der Waals surface area contributed by atoms with Crippen LogP contribution in [0.1, 0.15) is 10.4 Å². The van der Waals surface area contributed by atoms with Crippen LogP contribution in [0, 0.1) is 5.82 Å². The van der Waals surface area contributed by atoms with Crippen LogP contribution in [-0.4, -0.2) is 15.9 Å². The topological polar surface area (TPSA) is 64.1 Å². The molecular weight excluding hydrogens is 297 g/mol. The largest absolute Gasteiger partial charge is 0.438 e. The summed E-state index contributed by atoms with van der Waals surface area (Å²) in [5.74, 6) is 0.264. The average Bonchev–Trinajstić information content (AvgIpc) is 2.58. The molecule has 2 aromatic carbocycles. The average molecular weight is 309 g/mol. The normalized spacial score (nSPS) is 10.1. The SMILES string of the molecule is O=C(Nc1ccc(Oc2cnccn2)cc1)c1ccc(F)cc1. The monoisotopic (exact) mass is 309 g/mol. The predicted molar refractivity (Wildman–Crippen MR) is 82.9 cm³/mol. The number of benzene rings is 2. The number of halogens is 1. The fourth-order valence-corrected chi connectivity index (χ4v) is 1.87. The highest BCUT2D eigenvalue weighted by Crippen LogP contribution is 2.21. The molecule has 23 heavy (non-hydrogen) atoms. The molecule has 1 heterocycles. The molecule has 1 amide bonds. The zero-order valence-electron chi connectivity index (χ0n) is 11.9. The van der Waals surface area contributed by atoms with Crippen molar-refractivity contribution in [2.24, 2.45) is 0 Å². The third-order valence-electron chi connectivity index (χ3n) is 2.98. The molecule has 0 aliphatic rings. The molecule has 0 atom stereocenters. The second kappa shape index (κ2) is 6.65. The van der Waals surface area contributed by atoms with Gasteiger partial charge in [0.15, 0.2) is 0 Å². The van der Waals surface area contributed by atoms with Crippen molar-refractivity contribution in [3.05, 3.63) is 78.5 Å². The first kappa shape index (κ1) is 14.6. The summed E-state index contributed by atoms with van der Waals surface area (Å²) in [5, 5.41) is 2.72. The maximum Gasteiger partial charge on any atom is 0.255 e. The molecule has 114 valence electrons. The maximum absolute atomic E-state index is 12.8. The molecule has 1 N–H and O–H groups in total. The fraction of sp³-hybridized carbons (Fsp3) is 0. The highest BCUT2D eigenvalue weighted by molar-refractivity contribution is 6.04. The molecule has 0 bridgehead atoms. The zero-order chi connectivity index (χ0) is 16.1. The van der Waals surface area contributed by atoms with Gasteiger partial charge in [-0.1, -0.05) is 0 Å². The van der Waals surface area contributed by atoms with E-state index in [4.69, 9.17) is 4.74 Å². The van der Waals surface area contributed by atoms with Gasteiger partial charge in [0.2, 0.25) is 5.88 Å². The third-order valence-corrected chi connectivity index (χ3v) is 2.98. The van der Waals surface area contributed by atoms with Crippen molar-refractivity contribution in [2.75, 3.05) is 5.32 Å². The Bertz CT molecular complexity index is 790. The minimum Gasteiger partial charge on any atom is -0.438 e. The Morgan fingerprint density at radius 2 is 1.74 bits per heavy atom. The molecule has 3 aromatic rings. The standard InChI is InChI=1S/C17H12FN3O2/c18-13-3-1-12(2-4-13)17(22)21-14-5-7-15(8-6-14)23-16-11-19-9-10-20-16/h1-11H,(H,21,22). The van der Waals surface area contributed by atoms with Gasteiger partial charge in [-0.25, -0.2) is 9.37 Å². The molecular formula is C17H12FN3O2. The molecule has 0 saturated carbocycles. The number of carbonyl (C=O) groups excluding carboxylic acids is 1. The molecule has 5 nitrogen and oxygen atoms in total. The Kier molecular flexibility index (Phi) is 4.24. The van der Waals surface area contributed by atoms with Crippen LogP contribution >= 0.6 is 0 Å². The Hall–Kier alpha value is -3.28. The number of carbonyl (C=O) groups is 1. The second-order valence-electron chi connectivity index (χ2n) is 4.63. The van der Waals surface area contributed by atoms with Crippen LogP contribution in [0.15, 0.2) is 67.1 Å². The minimum absolute atomic E-state index is 0.312. The molecule has 0 spiro atoms. The van der Waals surface area contributed by atoms with Crippen LogP contribution in [0.5, 0.6) is 11.6 Å².